The van der Waals surface area contributed by atoms with Crippen molar-refractivity contribution >= 4 is 23.3 Å². The fourth-order valence-corrected chi connectivity index (χ4v) is 3.94. The highest BCUT2D eigenvalue weighted by molar-refractivity contribution is 6.30. The van der Waals surface area contributed by atoms with Gasteiger partial charge in [-0.25, -0.2) is 5.01 Å². The molecule has 1 aromatic rings. The smallest absolute Gasteiger partial charge is 0.311 e. The molecule has 3 rings (SSSR count). The summed E-state index contributed by atoms with van der Waals surface area (Å²) in [6, 6.07) is 7.67. The molecule has 2 heterocycles. The van der Waals surface area contributed by atoms with Crippen molar-refractivity contribution in [3.05, 3.63) is 46.2 Å². The first-order valence-electron chi connectivity index (χ1n) is 11.7. The lowest BCUT2D eigenvalue weighted by Gasteiger charge is -2.35. The summed E-state index contributed by atoms with van der Waals surface area (Å²) in [7, 11) is 3.77. The van der Waals surface area contributed by atoms with Gasteiger partial charge in [-0.05, 0) is 58.2 Å². The second kappa shape index (κ2) is 11.7. The van der Waals surface area contributed by atoms with Crippen LogP contribution in [0.15, 0.2) is 40.6 Å². The second-order valence-corrected chi connectivity index (χ2v) is 10.2. The van der Waals surface area contributed by atoms with Gasteiger partial charge in [0.2, 0.25) is 0 Å². The van der Waals surface area contributed by atoms with Crippen molar-refractivity contribution in [3.63, 3.8) is 0 Å². The largest absolute Gasteiger partial charge is 0.425 e. The van der Waals surface area contributed by atoms with Crippen molar-refractivity contribution in [3.8, 4) is 0 Å². The van der Waals surface area contributed by atoms with Gasteiger partial charge in [0.15, 0.2) is 5.76 Å². The first-order valence-corrected chi connectivity index (χ1v) is 12.1. The van der Waals surface area contributed by atoms with Crippen molar-refractivity contribution in [1.29, 1.82) is 0 Å². The van der Waals surface area contributed by atoms with E-state index in [0.717, 1.165) is 23.3 Å². The van der Waals surface area contributed by atoms with Crippen LogP contribution in [-0.2, 0) is 19.1 Å². The van der Waals surface area contributed by atoms with Crippen LogP contribution in [0.25, 0.3) is 0 Å². The van der Waals surface area contributed by atoms with E-state index in [1.165, 1.54) is 0 Å². The number of hydroxylamine groups is 1. The third-order valence-electron chi connectivity index (χ3n) is 6.15. The molecule has 2 aliphatic heterocycles. The molecule has 34 heavy (non-hydrogen) atoms. The molecule has 0 amide bonds. The molecule has 0 saturated carbocycles. The summed E-state index contributed by atoms with van der Waals surface area (Å²) in [4.78, 5) is 22.8. The summed E-state index contributed by atoms with van der Waals surface area (Å²) in [5.74, 6) is 0.380. The fourth-order valence-electron chi connectivity index (χ4n) is 3.81. The third kappa shape index (κ3) is 7.10. The molecule has 2 atom stereocenters. The number of allylic oxidation sites excluding steroid dienone is 1. The molecule has 0 spiro atoms. The summed E-state index contributed by atoms with van der Waals surface area (Å²) in [6.07, 6.45) is 1.62. The first-order chi connectivity index (χ1) is 16.1. The topological polar surface area (TPSA) is 75.6 Å². The van der Waals surface area contributed by atoms with E-state index in [1.54, 1.807) is 5.17 Å². The van der Waals surface area contributed by atoms with Gasteiger partial charge < -0.3 is 9.47 Å². The number of carbonyl (C=O) groups excluding carboxylic acids is 1. The van der Waals surface area contributed by atoms with Gasteiger partial charge >= 0.3 is 5.97 Å². The van der Waals surface area contributed by atoms with Crippen LogP contribution in [-0.4, -0.2) is 61.3 Å². The quantitative estimate of drug-likeness (QED) is 0.293. The SMILES string of the molecule is CC1=NCC2C(=C1OC(=O)CCCCON(C)NN(C)C(C)(C)C)COC2c1ccc(Cl)cc1. The number of unbranched alkanes of at least 4 members (excludes halogenated alkanes) is 1. The van der Waals surface area contributed by atoms with E-state index in [1.807, 2.05) is 50.3 Å². The van der Waals surface area contributed by atoms with Crippen molar-refractivity contribution < 1.29 is 19.1 Å². The summed E-state index contributed by atoms with van der Waals surface area (Å²) in [5, 5.41) is 4.23. The Labute approximate surface area is 207 Å². The molecule has 0 aliphatic carbocycles. The van der Waals surface area contributed by atoms with Crippen LogP contribution in [0.2, 0.25) is 5.02 Å². The lowest BCUT2D eigenvalue weighted by Crippen LogP contribution is -2.53. The Bertz CT molecular complexity index is 910. The highest BCUT2D eigenvalue weighted by Crippen LogP contribution is 2.42. The van der Waals surface area contributed by atoms with Crippen LogP contribution in [0.5, 0.6) is 0 Å². The molecule has 0 radical (unpaired) electrons. The molecule has 0 aromatic heterocycles. The zero-order valence-corrected chi connectivity index (χ0v) is 21.8. The minimum Gasteiger partial charge on any atom is -0.425 e. The predicted molar refractivity (Wildman–Crippen MR) is 133 cm³/mol. The highest BCUT2D eigenvalue weighted by atomic mass is 35.5. The number of hydrogen-bond acceptors (Lipinski definition) is 8. The fraction of sp³-hybridized carbons (Fsp3) is 0.600. The molecule has 1 saturated heterocycles. The Morgan fingerprint density at radius 1 is 1.24 bits per heavy atom. The number of ether oxygens (including phenoxy) is 2. The Balaban J connectivity index is 1.46. The average Bonchev–Trinajstić information content (AvgIpc) is 3.19. The molecule has 2 aliphatic rings. The van der Waals surface area contributed by atoms with E-state index in [0.29, 0.717) is 43.4 Å². The van der Waals surface area contributed by atoms with Crippen LogP contribution >= 0.6 is 11.6 Å². The maximum absolute atomic E-state index is 12.6. The van der Waals surface area contributed by atoms with Crippen molar-refractivity contribution in [2.24, 2.45) is 10.9 Å². The number of benzene rings is 1. The number of halogens is 1. The number of fused-ring (bicyclic) bond motifs is 1. The standard InChI is InChI=1S/C25H37ClN4O4/c1-17-23(21-16-32-24(20(21)15-27-17)18-10-12-19(26)13-11-18)34-22(31)9-7-8-14-33-30(6)28-29(5)25(2,3)4/h10-13,20,24,28H,7-9,14-16H2,1-6H3. The molecular formula is C25H37ClN4O4. The summed E-state index contributed by atoms with van der Waals surface area (Å²) >= 11 is 6.02. The summed E-state index contributed by atoms with van der Waals surface area (Å²) in [6.45, 7) is 9.75. The Hall–Kier alpha value is -1.81. The second-order valence-electron chi connectivity index (χ2n) is 9.76. The van der Waals surface area contributed by atoms with Crippen molar-refractivity contribution in [2.45, 2.75) is 58.6 Å². The number of carbonyl (C=O) groups is 1. The van der Waals surface area contributed by atoms with Crippen LogP contribution < -0.4 is 5.53 Å². The number of hydrazine groups is 2. The van der Waals surface area contributed by atoms with Gasteiger partial charge in [0.1, 0.15) is 0 Å². The van der Waals surface area contributed by atoms with E-state index >= 15 is 0 Å². The van der Waals surface area contributed by atoms with Crippen molar-refractivity contribution in [1.82, 2.24) is 15.7 Å². The Morgan fingerprint density at radius 2 is 1.94 bits per heavy atom. The molecule has 1 fully saturated rings. The molecule has 0 bridgehead atoms. The third-order valence-corrected chi connectivity index (χ3v) is 6.40. The Morgan fingerprint density at radius 3 is 2.62 bits per heavy atom. The van der Waals surface area contributed by atoms with Gasteiger partial charge in [-0.3, -0.25) is 14.6 Å². The van der Waals surface area contributed by atoms with Gasteiger partial charge in [0.25, 0.3) is 0 Å². The summed E-state index contributed by atoms with van der Waals surface area (Å²) < 4.78 is 11.9. The average molecular weight is 493 g/mol. The van der Waals surface area contributed by atoms with E-state index < -0.39 is 0 Å². The minimum atomic E-state index is -0.258. The zero-order chi connectivity index (χ0) is 24.9. The molecule has 188 valence electrons. The number of nitrogens with zero attached hydrogens (tertiary/aromatic N) is 3. The van der Waals surface area contributed by atoms with Crippen LogP contribution in [0, 0.1) is 5.92 Å². The van der Waals surface area contributed by atoms with E-state index in [2.05, 4.69) is 31.3 Å². The van der Waals surface area contributed by atoms with E-state index in [4.69, 9.17) is 25.9 Å². The number of dihydropyridines is 1. The molecule has 2 unspecified atom stereocenters. The monoisotopic (exact) mass is 492 g/mol. The maximum atomic E-state index is 12.6. The van der Waals surface area contributed by atoms with Crippen LogP contribution in [0.1, 0.15) is 58.6 Å². The lowest BCUT2D eigenvalue weighted by atomic mass is 9.88. The molecule has 1 N–H and O–H groups in total. The van der Waals surface area contributed by atoms with Crippen LogP contribution in [0.3, 0.4) is 0 Å². The van der Waals surface area contributed by atoms with Crippen molar-refractivity contribution in [2.75, 3.05) is 33.9 Å². The number of nitrogens with one attached hydrogen (secondary N) is 1. The lowest BCUT2D eigenvalue weighted by molar-refractivity contribution is -0.225. The molecule has 9 heteroatoms. The zero-order valence-electron chi connectivity index (χ0n) is 21.1. The summed E-state index contributed by atoms with van der Waals surface area (Å²) in [5.41, 5.74) is 5.92. The first kappa shape index (κ1) is 26.8. The number of rotatable bonds is 10. The number of aliphatic imine (C=N–C) groups is 1. The van der Waals surface area contributed by atoms with Gasteiger partial charge in [-0.2, -0.15) is 5.53 Å². The van der Waals surface area contributed by atoms with Gasteiger partial charge in [0, 0.05) is 49.1 Å². The predicted octanol–water partition coefficient (Wildman–Crippen LogP) is 4.48. The number of esters is 1. The molecule has 1 aromatic carbocycles. The van der Waals surface area contributed by atoms with Gasteiger partial charge in [-0.15, -0.1) is 5.17 Å². The van der Waals surface area contributed by atoms with E-state index in [-0.39, 0.29) is 23.5 Å². The Kier molecular flexibility index (Phi) is 9.26. The van der Waals surface area contributed by atoms with Crippen LogP contribution in [0.4, 0.5) is 0 Å². The molecular weight excluding hydrogens is 456 g/mol. The van der Waals surface area contributed by atoms with Gasteiger partial charge in [-0.1, -0.05) is 23.7 Å². The normalized spacial score (nSPS) is 20.7. The van der Waals surface area contributed by atoms with E-state index in [9.17, 15) is 4.79 Å². The molecule has 8 nitrogen and oxygen atoms in total. The van der Waals surface area contributed by atoms with Gasteiger partial charge in [0.05, 0.1) is 25.0 Å². The highest BCUT2D eigenvalue weighted by Gasteiger charge is 2.39. The maximum Gasteiger partial charge on any atom is 0.311 e. The minimum absolute atomic E-state index is 0.0319. The number of hydrogen-bond donors (Lipinski definition) is 1.